The van der Waals surface area contributed by atoms with E-state index < -0.39 is 0 Å². The first kappa shape index (κ1) is 21.4. The summed E-state index contributed by atoms with van der Waals surface area (Å²) >= 11 is 0. The van der Waals surface area contributed by atoms with Crippen molar-refractivity contribution in [3.8, 4) is 5.75 Å². The Labute approximate surface area is 188 Å². The second-order valence-corrected chi connectivity index (χ2v) is 7.81. The van der Waals surface area contributed by atoms with Crippen molar-refractivity contribution in [2.45, 2.75) is 20.8 Å². The van der Waals surface area contributed by atoms with Gasteiger partial charge >= 0.3 is 0 Å². The molecule has 32 heavy (non-hydrogen) atoms. The zero-order chi connectivity index (χ0) is 22.8. The Morgan fingerprint density at radius 2 is 1.56 bits per heavy atom. The fraction of sp³-hybridized carbons (Fsp3) is 0.185. The van der Waals surface area contributed by atoms with Gasteiger partial charge in [0.25, 0.3) is 11.8 Å². The highest BCUT2D eigenvalue weighted by atomic mass is 16.5. The average molecular weight is 427 g/mol. The van der Waals surface area contributed by atoms with Crippen molar-refractivity contribution in [2.24, 2.45) is 0 Å². The summed E-state index contributed by atoms with van der Waals surface area (Å²) in [5, 5.41) is 0. The largest absolute Gasteiger partial charge is 0.494 e. The Balaban J connectivity index is 1.86. The summed E-state index contributed by atoms with van der Waals surface area (Å²) in [7, 11) is 1.82. The first-order valence-electron chi connectivity index (χ1n) is 10.6. The van der Waals surface area contributed by atoms with Crippen LogP contribution >= 0.6 is 0 Å². The highest BCUT2D eigenvalue weighted by Gasteiger charge is 2.42. The lowest BCUT2D eigenvalue weighted by molar-refractivity contribution is -0.120. The molecule has 2 amide bonds. The fourth-order valence-electron chi connectivity index (χ4n) is 4.03. The lowest BCUT2D eigenvalue weighted by Crippen LogP contribution is -2.34. The Morgan fingerprint density at radius 1 is 0.875 bits per heavy atom. The number of hydrogen-bond donors (Lipinski definition) is 0. The number of amides is 2. The third-order valence-electron chi connectivity index (χ3n) is 5.59. The van der Waals surface area contributed by atoms with Crippen molar-refractivity contribution < 1.29 is 14.3 Å². The third-order valence-corrected chi connectivity index (χ3v) is 5.59. The van der Waals surface area contributed by atoms with Crippen LogP contribution in [0.2, 0.25) is 0 Å². The molecule has 0 bridgehead atoms. The van der Waals surface area contributed by atoms with E-state index in [1.54, 1.807) is 4.90 Å². The lowest BCUT2D eigenvalue weighted by Gasteiger charge is -2.22. The Hall–Kier alpha value is -3.86. The number of carbonyl (C=O) groups is 2. The van der Waals surface area contributed by atoms with Gasteiger partial charge in [0, 0.05) is 12.7 Å². The SMILES string of the molecule is CCOc1ccc(C2=C(N(C)c3ccccc3)C(=O)N(c3ccc(C)cc3C)C2=O)cc1. The van der Waals surface area contributed by atoms with Crippen LogP contribution in [0.5, 0.6) is 5.75 Å². The molecule has 5 heteroatoms. The van der Waals surface area contributed by atoms with Crippen LogP contribution in [0.25, 0.3) is 5.57 Å². The third kappa shape index (κ3) is 3.78. The quantitative estimate of drug-likeness (QED) is 0.513. The van der Waals surface area contributed by atoms with Crippen LogP contribution in [0.3, 0.4) is 0 Å². The molecule has 3 aromatic rings. The van der Waals surface area contributed by atoms with Crippen LogP contribution in [0.1, 0.15) is 23.6 Å². The number of nitrogens with zero attached hydrogens (tertiary/aromatic N) is 2. The Kier molecular flexibility index (Phi) is 5.82. The van der Waals surface area contributed by atoms with Crippen LogP contribution < -0.4 is 14.5 Å². The highest BCUT2D eigenvalue weighted by molar-refractivity contribution is 6.46. The number of imide groups is 1. The van der Waals surface area contributed by atoms with E-state index in [2.05, 4.69) is 0 Å². The number of rotatable bonds is 6. The molecule has 162 valence electrons. The highest BCUT2D eigenvalue weighted by Crippen LogP contribution is 2.37. The minimum Gasteiger partial charge on any atom is -0.494 e. The van der Waals surface area contributed by atoms with Crippen molar-refractivity contribution >= 4 is 28.8 Å². The molecule has 0 saturated carbocycles. The molecule has 3 aromatic carbocycles. The smallest absolute Gasteiger partial charge is 0.282 e. The molecule has 0 N–H and O–H groups in total. The van der Waals surface area contributed by atoms with Crippen LogP contribution in [0.15, 0.2) is 78.5 Å². The summed E-state index contributed by atoms with van der Waals surface area (Å²) in [5.41, 5.74) is 4.79. The minimum atomic E-state index is -0.336. The number of ether oxygens (including phenoxy) is 1. The number of likely N-dealkylation sites (N-methyl/N-ethyl adjacent to an activating group) is 1. The van der Waals surface area contributed by atoms with Crippen molar-refractivity contribution in [3.63, 3.8) is 0 Å². The van der Waals surface area contributed by atoms with Crippen molar-refractivity contribution in [1.82, 2.24) is 0 Å². The summed E-state index contributed by atoms with van der Waals surface area (Å²) in [4.78, 5) is 30.5. The van der Waals surface area contributed by atoms with E-state index in [0.29, 0.717) is 29.1 Å². The maximum Gasteiger partial charge on any atom is 0.282 e. The van der Waals surface area contributed by atoms with Crippen LogP contribution in [-0.4, -0.2) is 25.5 Å². The van der Waals surface area contributed by atoms with Gasteiger partial charge in [0.1, 0.15) is 11.4 Å². The van der Waals surface area contributed by atoms with Crippen molar-refractivity contribution in [1.29, 1.82) is 0 Å². The van der Waals surface area contributed by atoms with Crippen LogP contribution in [0.4, 0.5) is 11.4 Å². The topological polar surface area (TPSA) is 49.9 Å². The molecule has 5 nitrogen and oxygen atoms in total. The number of para-hydroxylation sites is 1. The Morgan fingerprint density at radius 3 is 2.19 bits per heavy atom. The van der Waals surface area contributed by atoms with E-state index in [4.69, 9.17) is 4.74 Å². The number of aryl methyl sites for hydroxylation is 2. The monoisotopic (exact) mass is 426 g/mol. The first-order valence-corrected chi connectivity index (χ1v) is 10.6. The number of hydrogen-bond acceptors (Lipinski definition) is 4. The molecule has 4 rings (SSSR count). The zero-order valence-electron chi connectivity index (χ0n) is 18.8. The van der Waals surface area contributed by atoms with Gasteiger partial charge in [0.05, 0.1) is 17.9 Å². The molecule has 0 unspecified atom stereocenters. The number of anilines is 2. The molecular formula is C27H26N2O3. The molecular weight excluding hydrogens is 400 g/mol. The van der Waals surface area contributed by atoms with Gasteiger partial charge in [0.15, 0.2) is 0 Å². The van der Waals surface area contributed by atoms with Gasteiger partial charge in [0.2, 0.25) is 0 Å². The van der Waals surface area contributed by atoms with E-state index in [1.165, 1.54) is 4.90 Å². The minimum absolute atomic E-state index is 0.330. The van der Waals surface area contributed by atoms with E-state index in [0.717, 1.165) is 22.6 Å². The van der Waals surface area contributed by atoms with E-state index >= 15 is 0 Å². The lowest BCUT2D eigenvalue weighted by atomic mass is 10.0. The van der Waals surface area contributed by atoms with Gasteiger partial charge < -0.3 is 9.64 Å². The predicted octanol–water partition coefficient (Wildman–Crippen LogP) is 5.12. The maximum atomic E-state index is 13.7. The normalized spacial score (nSPS) is 13.7. The van der Waals surface area contributed by atoms with Crippen LogP contribution in [0, 0.1) is 13.8 Å². The summed E-state index contributed by atoms with van der Waals surface area (Å²) in [6.07, 6.45) is 0. The molecule has 0 radical (unpaired) electrons. The van der Waals surface area contributed by atoms with Gasteiger partial charge in [-0.05, 0) is 62.2 Å². The van der Waals surface area contributed by atoms with Gasteiger partial charge in [-0.3, -0.25) is 9.59 Å². The molecule has 0 atom stereocenters. The number of benzene rings is 3. The number of carbonyl (C=O) groups excluding carboxylic acids is 2. The van der Waals surface area contributed by atoms with E-state index in [1.807, 2.05) is 101 Å². The van der Waals surface area contributed by atoms with E-state index in [-0.39, 0.29) is 11.8 Å². The second-order valence-electron chi connectivity index (χ2n) is 7.81. The van der Waals surface area contributed by atoms with Crippen molar-refractivity contribution in [2.75, 3.05) is 23.5 Å². The van der Waals surface area contributed by atoms with Crippen LogP contribution in [-0.2, 0) is 9.59 Å². The van der Waals surface area contributed by atoms with Gasteiger partial charge in [-0.25, -0.2) is 4.90 Å². The summed E-state index contributed by atoms with van der Waals surface area (Å²) in [6.45, 7) is 6.38. The summed E-state index contributed by atoms with van der Waals surface area (Å²) in [6, 6.07) is 22.6. The predicted molar refractivity (Wildman–Crippen MR) is 128 cm³/mol. The standard InChI is InChI=1S/C27H26N2O3/c1-5-32-22-14-12-20(13-15-22)24-25(28(4)21-9-7-6-8-10-21)27(31)29(26(24)30)23-16-11-18(2)17-19(23)3/h6-17H,5H2,1-4H3. The maximum absolute atomic E-state index is 13.7. The molecule has 0 fully saturated rings. The van der Waals surface area contributed by atoms with Gasteiger partial charge in [-0.15, -0.1) is 0 Å². The van der Waals surface area contributed by atoms with Gasteiger partial charge in [-0.1, -0.05) is 48.0 Å². The molecule has 1 aliphatic rings. The summed E-state index contributed by atoms with van der Waals surface area (Å²) < 4.78 is 5.54. The van der Waals surface area contributed by atoms with E-state index in [9.17, 15) is 9.59 Å². The molecule has 0 aliphatic carbocycles. The summed E-state index contributed by atoms with van der Waals surface area (Å²) in [5.74, 6) is 0.0545. The molecule has 0 aromatic heterocycles. The molecule has 0 saturated heterocycles. The first-order chi connectivity index (χ1) is 15.4. The molecule has 0 spiro atoms. The van der Waals surface area contributed by atoms with Crippen molar-refractivity contribution in [3.05, 3.63) is 95.2 Å². The Bertz CT molecular complexity index is 1200. The average Bonchev–Trinajstić information content (AvgIpc) is 3.05. The molecule has 1 heterocycles. The second kappa shape index (κ2) is 8.71. The molecule has 1 aliphatic heterocycles. The zero-order valence-corrected chi connectivity index (χ0v) is 18.8. The van der Waals surface area contributed by atoms with Gasteiger partial charge in [-0.2, -0.15) is 0 Å². The fourth-order valence-corrected chi connectivity index (χ4v) is 4.03.